The molecular weight excluding hydrogens is 228 g/mol. The second kappa shape index (κ2) is 2.87. The van der Waals surface area contributed by atoms with Crippen LogP contribution in [0.25, 0.3) is 22.0 Å². The number of aromatic nitrogens is 2. The van der Waals surface area contributed by atoms with Crippen LogP contribution in [0.15, 0.2) is 36.5 Å². The molecule has 2 N–H and O–H groups in total. The van der Waals surface area contributed by atoms with Gasteiger partial charge in [0.15, 0.2) is 0 Å². The minimum Gasteiger partial charge on any atom is -0.289 e. The van der Waals surface area contributed by atoms with E-state index in [1.165, 1.54) is 0 Å². The first-order valence-corrected chi connectivity index (χ1v) is 6.02. The van der Waals surface area contributed by atoms with Gasteiger partial charge in [-0.05, 0) is 11.5 Å². The molecule has 0 unspecified atom stereocenters. The SMILES string of the molecule is O=S(=O)(O)n1[nH]cc2cc3ccccc3c1-2. The zero-order chi connectivity index (χ0) is 11.3. The van der Waals surface area contributed by atoms with Crippen LogP contribution in [-0.4, -0.2) is 22.2 Å². The van der Waals surface area contributed by atoms with Gasteiger partial charge >= 0.3 is 10.3 Å². The summed E-state index contributed by atoms with van der Waals surface area (Å²) < 4.78 is 32.1. The van der Waals surface area contributed by atoms with Gasteiger partial charge in [-0.1, -0.05) is 24.3 Å². The van der Waals surface area contributed by atoms with Crippen LogP contribution in [0.2, 0.25) is 0 Å². The second-order valence-corrected chi connectivity index (χ2v) is 4.81. The molecule has 0 spiro atoms. The van der Waals surface area contributed by atoms with Crippen molar-refractivity contribution in [3.8, 4) is 11.3 Å². The number of aromatic amines is 1. The van der Waals surface area contributed by atoms with E-state index in [2.05, 4.69) is 5.10 Å². The van der Waals surface area contributed by atoms with Gasteiger partial charge in [-0.3, -0.25) is 9.65 Å². The highest BCUT2D eigenvalue weighted by Gasteiger charge is 2.20. The molecule has 1 aromatic rings. The Morgan fingerprint density at radius 2 is 2.00 bits per heavy atom. The van der Waals surface area contributed by atoms with Gasteiger partial charge in [0.1, 0.15) is 0 Å². The third-order valence-corrected chi connectivity index (χ3v) is 3.32. The van der Waals surface area contributed by atoms with Crippen molar-refractivity contribution in [1.29, 1.82) is 0 Å². The summed E-state index contributed by atoms with van der Waals surface area (Å²) in [5.74, 6) is 0. The molecule has 0 saturated heterocycles. The van der Waals surface area contributed by atoms with E-state index in [4.69, 9.17) is 4.55 Å². The zero-order valence-electron chi connectivity index (χ0n) is 8.08. The largest absolute Gasteiger partial charge is 0.377 e. The van der Waals surface area contributed by atoms with Gasteiger partial charge < -0.3 is 0 Å². The van der Waals surface area contributed by atoms with Crippen molar-refractivity contribution >= 4 is 21.1 Å². The number of fused-ring (bicyclic) bond motifs is 3. The van der Waals surface area contributed by atoms with E-state index in [1.807, 2.05) is 30.3 Å². The Morgan fingerprint density at radius 3 is 2.75 bits per heavy atom. The topological polar surface area (TPSA) is 75.1 Å². The van der Waals surface area contributed by atoms with Crippen LogP contribution >= 0.6 is 0 Å². The maximum absolute atomic E-state index is 11.1. The van der Waals surface area contributed by atoms with Crippen molar-refractivity contribution in [3.63, 3.8) is 0 Å². The number of rotatable bonds is 1. The predicted octanol–water partition coefficient (Wildman–Crippen LogP) is 1.73. The lowest BCUT2D eigenvalue weighted by Gasteiger charge is -2.01. The Labute approximate surface area is 91.5 Å². The number of nitrogens with zero attached hydrogens (tertiary/aromatic N) is 1. The molecule has 1 aromatic carbocycles. The van der Waals surface area contributed by atoms with Gasteiger partial charge in [0.2, 0.25) is 0 Å². The lowest BCUT2D eigenvalue weighted by Crippen LogP contribution is -2.12. The van der Waals surface area contributed by atoms with Gasteiger partial charge in [-0.25, -0.2) is 0 Å². The van der Waals surface area contributed by atoms with Crippen molar-refractivity contribution < 1.29 is 13.0 Å². The summed E-state index contributed by atoms with van der Waals surface area (Å²) in [6.45, 7) is 0. The van der Waals surface area contributed by atoms with E-state index in [1.54, 1.807) is 6.20 Å². The van der Waals surface area contributed by atoms with Crippen molar-refractivity contribution in [2.24, 2.45) is 0 Å². The highest BCUT2D eigenvalue weighted by molar-refractivity contribution is 7.84. The highest BCUT2D eigenvalue weighted by Crippen LogP contribution is 2.34. The number of benzene rings is 1. The standard InChI is InChI=1S/C10H8N2O3S/c13-16(14,15)12-10-8(6-11-12)5-7-3-1-2-4-9(7)10/h1-6,11H,(H,13,14,15). The van der Waals surface area contributed by atoms with Crippen LogP contribution in [0, 0.1) is 0 Å². The van der Waals surface area contributed by atoms with Crippen molar-refractivity contribution in [1.82, 2.24) is 9.19 Å². The molecule has 0 radical (unpaired) electrons. The maximum atomic E-state index is 11.1. The summed E-state index contributed by atoms with van der Waals surface area (Å²) >= 11 is 0. The molecular formula is C10H8N2O3S. The fourth-order valence-electron chi connectivity index (χ4n) is 1.94. The molecule has 0 fully saturated rings. The van der Waals surface area contributed by atoms with Crippen LogP contribution < -0.4 is 0 Å². The fourth-order valence-corrected chi connectivity index (χ4v) is 2.56. The van der Waals surface area contributed by atoms with Gasteiger partial charge in [-0.2, -0.15) is 12.5 Å². The summed E-state index contributed by atoms with van der Waals surface area (Å²) in [7, 11) is -4.29. The number of hydrogen-bond acceptors (Lipinski definition) is 2. The quantitative estimate of drug-likeness (QED) is 0.632. The molecule has 0 amide bonds. The molecule has 1 heterocycles. The Hall–Kier alpha value is -1.79. The van der Waals surface area contributed by atoms with E-state index in [0.717, 1.165) is 20.4 Å². The molecule has 0 bridgehead atoms. The van der Waals surface area contributed by atoms with E-state index in [9.17, 15) is 8.42 Å². The van der Waals surface area contributed by atoms with Gasteiger partial charge in [0, 0.05) is 17.1 Å². The summed E-state index contributed by atoms with van der Waals surface area (Å²) in [5, 5.41) is 4.24. The monoisotopic (exact) mass is 236 g/mol. The van der Waals surface area contributed by atoms with Crippen molar-refractivity contribution in [2.45, 2.75) is 0 Å². The van der Waals surface area contributed by atoms with Gasteiger partial charge in [0.25, 0.3) is 0 Å². The number of nitrogens with one attached hydrogen (secondary N) is 1. The van der Waals surface area contributed by atoms with Crippen LogP contribution in [0.1, 0.15) is 0 Å². The first-order chi connectivity index (χ1) is 7.57. The normalized spacial score (nSPS) is 12.6. The summed E-state index contributed by atoms with van der Waals surface area (Å²) in [5.41, 5.74) is 1.22. The lowest BCUT2D eigenvalue weighted by atomic mass is 10.2. The zero-order valence-corrected chi connectivity index (χ0v) is 8.90. The minimum atomic E-state index is -4.29. The van der Waals surface area contributed by atoms with E-state index in [-0.39, 0.29) is 0 Å². The van der Waals surface area contributed by atoms with Crippen molar-refractivity contribution in [3.05, 3.63) is 36.5 Å². The number of H-pyrrole nitrogens is 1. The lowest BCUT2D eigenvalue weighted by molar-refractivity contribution is 0.467. The van der Waals surface area contributed by atoms with E-state index < -0.39 is 10.3 Å². The second-order valence-electron chi connectivity index (χ2n) is 3.55. The minimum absolute atomic E-state index is 0.470. The molecule has 0 atom stereocenters. The van der Waals surface area contributed by atoms with E-state index in [0.29, 0.717) is 5.69 Å². The smallest absolute Gasteiger partial charge is 0.289 e. The molecule has 1 aliphatic heterocycles. The Bertz CT molecular complexity index is 739. The van der Waals surface area contributed by atoms with Crippen LogP contribution in [-0.2, 0) is 10.3 Å². The average Bonchev–Trinajstić information content (AvgIpc) is 2.73. The fraction of sp³-hybridized carbons (Fsp3) is 0. The molecule has 0 aromatic heterocycles. The Morgan fingerprint density at radius 1 is 1.25 bits per heavy atom. The molecule has 0 saturated carbocycles. The molecule has 3 rings (SSSR count). The van der Waals surface area contributed by atoms with Crippen LogP contribution in [0.4, 0.5) is 0 Å². The predicted molar refractivity (Wildman–Crippen MR) is 59.9 cm³/mol. The molecule has 82 valence electrons. The average molecular weight is 236 g/mol. The maximum Gasteiger partial charge on any atom is 0.377 e. The third kappa shape index (κ3) is 1.17. The summed E-state index contributed by atoms with van der Waals surface area (Å²) in [4.78, 5) is 0. The van der Waals surface area contributed by atoms with E-state index >= 15 is 0 Å². The summed E-state index contributed by atoms with van der Waals surface area (Å²) in [6, 6.07) is 9.27. The van der Waals surface area contributed by atoms with Crippen LogP contribution in [0.5, 0.6) is 0 Å². The first kappa shape index (κ1) is 9.44. The molecule has 2 aliphatic rings. The Kier molecular flexibility index (Phi) is 1.69. The van der Waals surface area contributed by atoms with Gasteiger partial charge in [-0.15, -0.1) is 0 Å². The van der Waals surface area contributed by atoms with Gasteiger partial charge in [0.05, 0.1) is 5.69 Å². The molecule has 6 heteroatoms. The molecule has 1 aliphatic carbocycles. The highest BCUT2D eigenvalue weighted by atomic mass is 32.2. The Balaban J connectivity index is 2.50. The van der Waals surface area contributed by atoms with Crippen molar-refractivity contribution in [2.75, 3.05) is 0 Å². The molecule has 16 heavy (non-hydrogen) atoms. The first-order valence-electron chi connectivity index (χ1n) is 4.63. The summed E-state index contributed by atoms with van der Waals surface area (Å²) in [6.07, 6.45) is 1.54. The van der Waals surface area contributed by atoms with Crippen LogP contribution in [0.3, 0.4) is 0 Å². The molecule has 5 nitrogen and oxygen atoms in total. The third-order valence-electron chi connectivity index (χ3n) is 2.57. The number of hydrogen-bond donors (Lipinski definition) is 2.